The quantitative estimate of drug-likeness (QED) is 0.893. The summed E-state index contributed by atoms with van der Waals surface area (Å²) < 4.78 is 0. The van der Waals surface area contributed by atoms with Gasteiger partial charge in [-0.05, 0) is 26.0 Å². The topological polar surface area (TPSA) is 28.2 Å². The fourth-order valence-corrected chi connectivity index (χ4v) is 2.72. The lowest BCUT2D eigenvalue weighted by Crippen LogP contribution is -2.53. The van der Waals surface area contributed by atoms with Crippen molar-refractivity contribution in [2.24, 2.45) is 0 Å². The maximum atomic E-state index is 4.77. The molecule has 1 aromatic heterocycles. The summed E-state index contributed by atoms with van der Waals surface area (Å²) in [4.78, 5) is 7.28. The summed E-state index contributed by atoms with van der Waals surface area (Å²) in [5.74, 6) is 0. The zero-order chi connectivity index (χ0) is 13.2. The summed E-state index contributed by atoms with van der Waals surface area (Å²) in [6.07, 6.45) is 0. The molecule has 0 aliphatic carbocycles. The maximum absolute atomic E-state index is 4.77. The largest absolute Gasteiger partial charge is 0.311 e. The Kier molecular flexibility index (Phi) is 3.49. The van der Waals surface area contributed by atoms with Crippen LogP contribution in [-0.2, 0) is 6.54 Å². The SMILES string of the molecule is CC1CN(Cc2ccc3ccccc3n2)C(C)CN1. The smallest absolute Gasteiger partial charge is 0.0705 e. The van der Waals surface area contributed by atoms with Crippen LogP contribution in [0.1, 0.15) is 19.5 Å². The number of pyridine rings is 1. The van der Waals surface area contributed by atoms with Crippen LogP contribution in [0.5, 0.6) is 0 Å². The third-order valence-electron chi connectivity index (χ3n) is 3.91. The van der Waals surface area contributed by atoms with Crippen molar-refractivity contribution in [3.8, 4) is 0 Å². The Balaban J connectivity index is 1.80. The molecule has 2 aromatic rings. The first-order chi connectivity index (χ1) is 9.22. The van der Waals surface area contributed by atoms with Gasteiger partial charge in [0.05, 0.1) is 11.2 Å². The minimum atomic E-state index is 0.566. The molecule has 3 heteroatoms. The average molecular weight is 255 g/mol. The number of nitrogens with one attached hydrogen (secondary N) is 1. The van der Waals surface area contributed by atoms with E-state index in [1.165, 1.54) is 11.1 Å². The van der Waals surface area contributed by atoms with Gasteiger partial charge in [-0.1, -0.05) is 24.3 Å². The normalized spacial score (nSPS) is 24.7. The number of hydrogen-bond donors (Lipinski definition) is 1. The van der Waals surface area contributed by atoms with Gasteiger partial charge in [0, 0.05) is 37.1 Å². The van der Waals surface area contributed by atoms with E-state index in [4.69, 9.17) is 4.98 Å². The zero-order valence-corrected chi connectivity index (χ0v) is 11.6. The molecule has 100 valence electrons. The Hall–Kier alpha value is -1.45. The maximum Gasteiger partial charge on any atom is 0.0705 e. The minimum Gasteiger partial charge on any atom is -0.311 e. The van der Waals surface area contributed by atoms with Crippen molar-refractivity contribution in [1.82, 2.24) is 15.2 Å². The van der Waals surface area contributed by atoms with Gasteiger partial charge in [-0.25, -0.2) is 0 Å². The van der Waals surface area contributed by atoms with Crippen LogP contribution in [-0.4, -0.2) is 35.1 Å². The van der Waals surface area contributed by atoms with Crippen molar-refractivity contribution >= 4 is 10.9 Å². The Morgan fingerprint density at radius 3 is 2.95 bits per heavy atom. The Morgan fingerprint density at radius 2 is 2.05 bits per heavy atom. The van der Waals surface area contributed by atoms with Gasteiger partial charge in [-0.3, -0.25) is 9.88 Å². The van der Waals surface area contributed by atoms with E-state index < -0.39 is 0 Å². The van der Waals surface area contributed by atoms with Gasteiger partial charge < -0.3 is 5.32 Å². The highest BCUT2D eigenvalue weighted by atomic mass is 15.2. The predicted molar refractivity (Wildman–Crippen MR) is 79.1 cm³/mol. The van der Waals surface area contributed by atoms with Gasteiger partial charge in [0.25, 0.3) is 0 Å². The highest BCUT2D eigenvalue weighted by Crippen LogP contribution is 2.15. The van der Waals surface area contributed by atoms with E-state index in [1.54, 1.807) is 0 Å². The lowest BCUT2D eigenvalue weighted by atomic mass is 10.1. The van der Waals surface area contributed by atoms with E-state index >= 15 is 0 Å². The van der Waals surface area contributed by atoms with Gasteiger partial charge in [-0.2, -0.15) is 0 Å². The van der Waals surface area contributed by atoms with Crippen molar-refractivity contribution in [2.45, 2.75) is 32.5 Å². The van der Waals surface area contributed by atoms with Crippen LogP contribution >= 0.6 is 0 Å². The van der Waals surface area contributed by atoms with Crippen LogP contribution in [0.2, 0.25) is 0 Å². The molecule has 0 saturated carbocycles. The molecule has 0 amide bonds. The number of nitrogens with zero attached hydrogens (tertiary/aromatic N) is 2. The molecule has 19 heavy (non-hydrogen) atoms. The molecule has 1 aliphatic heterocycles. The first-order valence-electron chi connectivity index (χ1n) is 7.04. The van der Waals surface area contributed by atoms with Gasteiger partial charge in [0.1, 0.15) is 0 Å². The number of benzene rings is 1. The van der Waals surface area contributed by atoms with Crippen LogP contribution in [0.15, 0.2) is 36.4 Å². The van der Waals surface area contributed by atoms with Crippen molar-refractivity contribution in [3.05, 3.63) is 42.1 Å². The number of aromatic nitrogens is 1. The minimum absolute atomic E-state index is 0.566. The predicted octanol–water partition coefficient (Wildman–Crippen LogP) is 2.42. The van der Waals surface area contributed by atoms with E-state index in [2.05, 4.69) is 60.5 Å². The van der Waals surface area contributed by atoms with Crippen molar-refractivity contribution in [2.75, 3.05) is 13.1 Å². The summed E-state index contributed by atoms with van der Waals surface area (Å²) in [5.41, 5.74) is 2.26. The van der Waals surface area contributed by atoms with Gasteiger partial charge in [-0.15, -0.1) is 0 Å². The standard InChI is InChI=1S/C16H21N3/c1-12-10-19(13(2)9-17-12)11-15-8-7-14-5-3-4-6-16(14)18-15/h3-8,12-13,17H,9-11H2,1-2H3. The van der Waals surface area contributed by atoms with E-state index in [0.717, 1.165) is 25.2 Å². The lowest BCUT2D eigenvalue weighted by molar-refractivity contribution is 0.137. The van der Waals surface area contributed by atoms with E-state index in [1.807, 2.05) is 0 Å². The highest BCUT2D eigenvalue weighted by Gasteiger charge is 2.22. The molecule has 2 unspecified atom stereocenters. The second-order valence-corrected chi connectivity index (χ2v) is 5.58. The van der Waals surface area contributed by atoms with Crippen LogP contribution in [0.4, 0.5) is 0 Å². The fourth-order valence-electron chi connectivity index (χ4n) is 2.72. The molecule has 3 rings (SSSR count). The van der Waals surface area contributed by atoms with Gasteiger partial charge in [0.2, 0.25) is 0 Å². The van der Waals surface area contributed by atoms with E-state index in [9.17, 15) is 0 Å². The third kappa shape index (κ3) is 2.77. The summed E-state index contributed by atoms with van der Waals surface area (Å²) in [6.45, 7) is 7.62. The van der Waals surface area contributed by atoms with Gasteiger partial charge >= 0.3 is 0 Å². The molecule has 1 aliphatic rings. The molecule has 1 N–H and O–H groups in total. The molecule has 1 saturated heterocycles. The molecular weight excluding hydrogens is 234 g/mol. The molecule has 3 nitrogen and oxygen atoms in total. The molecule has 0 bridgehead atoms. The van der Waals surface area contributed by atoms with E-state index in [0.29, 0.717) is 12.1 Å². The molecule has 0 spiro atoms. The van der Waals surface area contributed by atoms with Crippen LogP contribution in [0.3, 0.4) is 0 Å². The summed E-state index contributed by atoms with van der Waals surface area (Å²) in [6, 6.07) is 13.8. The average Bonchev–Trinajstić information content (AvgIpc) is 2.43. The summed E-state index contributed by atoms with van der Waals surface area (Å²) in [7, 11) is 0. The van der Waals surface area contributed by atoms with Gasteiger partial charge in [0.15, 0.2) is 0 Å². The number of hydrogen-bond acceptors (Lipinski definition) is 3. The number of rotatable bonds is 2. The van der Waals surface area contributed by atoms with Crippen molar-refractivity contribution in [1.29, 1.82) is 0 Å². The molecular formula is C16H21N3. The number of fused-ring (bicyclic) bond motifs is 1. The second-order valence-electron chi connectivity index (χ2n) is 5.58. The number of piperazine rings is 1. The molecule has 2 heterocycles. The second kappa shape index (κ2) is 5.27. The first-order valence-corrected chi connectivity index (χ1v) is 7.04. The lowest BCUT2D eigenvalue weighted by Gasteiger charge is -2.37. The van der Waals surface area contributed by atoms with Crippen LogP contribution in [0, 0.1) is 0 Å². The summed E-state index contributed by atoms with van der Waals surface area (Å²) >= 11 is 0. The highest BCUT2D eigenvalue weighted by molar-refractivity contribution is 5.78. The van der Waals surface area contributed by atoms with Crippen LogP contribution in [0.25, 0.3) is 10.9 Å². The monoisotopic (exact) mass is 255 g/mol. The van der Waals surface area contributed by atoms with Crippen LogP contribution < -0.4 is 5.32 Å². The van der Waals surface area contributed by atoms with Crippen molar-refractivity contribution in [3.63, 3.8) is 0 Å². The summed E-state index contributed by atoms with van der Waals surface area (Å²) in [5, 5.41) is 4.73. The molecule has 1 fully saturated rings. The van der Waals surface area contributed by atoms with E-state index in [-0.39, 0.29) is 0 Å². The Bertz CT molecular complexity index is 567. The zero-order valence-electron chi connectivity index (χ0n) is 11.6. The number of para-hydroxylation sites is 1. The molecule has 1 aromatic carbocycles. The molecule has 2 atom stereocenters. The third-order valence-corrected chi connectivity index (χ3v) is 3.91. The first kappa shape index (κ1) is 12.6. The Morgan fingerprint density at radius 1 is 1.21 bits per heavy atom. The fraction of sp³-hybridized carbons (Fsp3) is 0.438. The van der Waals surface area contributed by atoms with Crippen molar-refractivity contribution < 1.29 is 0 Å². The molecule has 0 radical (unpaired) electrons. The Labute approximate surface area is 114 Å².